The van der Waals surface area contributed by atoms with Crippen molar-refractivity contribution in [1.29, 1.82) is 0 Å². The van der Waals surface area contributed by atoms with Gasteiger partial charge in [0.15, 0.2) is 6.10 Å². The van der Waals surface area contributed by atoms with Gasteiger partial charge in [-0.2, -0.15) is 0 Å². The smallest absolute Gasteiger partial charge is 0.306 e. The van der Waals surface area contributed by atoms with Gasteiger partial charge in [0.2, 0.25) is 0 Å². The van der Waals surface area contributed by atoms with Gasteiger partial charge in [-0.3, -0.25) is 14.4 Å². The van der Waals surface area contributed by atoms with Gasteiger partial charge >= 0.3 is 17.9 Å². The van der Waals surface area contributed by atoms with Crippen LogP contribution in [-0.4, -0.2) is 37.2 Å². The number of esters is 3. The highest BCUT2D eigenvalue weighted by atomic mass is 16.6. The van der Waals surface area contributed by atoms with E-state index >= 15 is 0 Å². The molecule has 6 heteroatoms. The normalized spacial score (nSPS) is 13.6. The number of carbonyl (C=O) groups is 3. The summed E-state index contributed by atoms with van der Waals surface area (Å²) in [6.45, 7) is 6.17. The number of allylic oxidation sites excluding steroid dienone is 28. The van der Waals surface area contributed by atoms with Crippen LogP contribution in [-0.2, 0) is 28.6 Å². The van der Waals surface area contributed by atoms with Crippen molar-refractivity contribution in [1.82, 2.24) is 0 Å². The Balaban J connectivity index is 4.68. The molecule has 0 aliphatic carbocycles. The van der Waals surface area contributed by atoms with Gasteiger partial charge in [-0.25, -0.2) is 0 Å². The maximum atomic E-state index is 12.8. The van der Waals surface area contributed by atoms with E-state index in [4.69, 9.17) is 14.2 Å². The van der Waals surface area contributed by atoms with Gasteiger partial charge in [0.1, 0.15) is 13.2 Å². The van der Waals surface area contributed by atoms with Gasteiger partial charge in [-0.15, -0.1) is 0 Å². The van der Waals surface area contributed by atoms with Crippen molar-refractivity contribution in [2.24, 2.45) is 0 Å². The van der Waals surface area contributed by atoms with Gasteiger partial charge in [0, 0.05) is 19.3 Å². The summed E-state index contributed by atoms with van der Waals surface area (Å²) < 4.78 is 16.6. The van der Waals surface area contributed by atoms with Crippen molar-refractivity contribution in [3.63, 3.8) is 0 Å². The number of rotatable bonds is 41. The van der Waals surface area contributed by atoms with E-state index in [1.165, 1.54) is 38.5 Å². The van der Waals surface area contributed by atoms with E-state index in [0.717, 1.165) is 64.2 Å². The van der Waals surface area contributed by atoms with Crippen molar-refractivity contribution < 1.29 is 28.6 Å². The van der Waals surface area contributed by atoms with Crippen molar-refractivity contribution in [3.05, 3.63) is 170 Å². The summed E-state index contributed by atoms with van der Waals surface area (Å²) in [4.78, 5) is 37.9. The molecule has 0 N–H and O–H groups in total. The third-order valence-corrected chi connectivity index (χ3v) is 9.52. The summed E-state index contributed by atoms with van der Waals surface area (Å²) >= 11 is 0. The zero-order chi connectivity index (χ0) is 47.2. The fourth-order valence-electron chi connectivity index (χ4n) is 5.85. The zero-order valence-electron chi connectivity index (χ0n) is 40.7. The monoisotopic (exact) mass is 891 g/mol. The minimum absolute atomic E-state index is 0.146. The maximum Gasteiger partial charge on any atom is 0.306 e. The Hall–Kier alpha value is -5.23. The van der Waals surface area contributed by atoms with Crippen molar-refractivity contribution in [2.75, 3.05) is 13.2 Å². The third kappa shape index (κ3) is 49.6. The number of carbonyl (C=O) groups excluding carboxylic acids is 3. The summed E-state index contributed by atoms with van der Waals surface area (Å²) in [5.41, 5.74) is 0. The van der Waals surface area contributed by atoms with Crippen LogP contribution in [0.1, 0.15) is 162 Å². The fraction of sp³-hybridized carbons (Fsp3) is 0.475. The lowest BCUT2D eigenvalue weighted by Gasteiger charge is -2.18. The third-order valence-electron chi connectivity index (χ3n) is 9.52. The van der Waals surface area contributed by atoms with Crippen LogP contribution in [0.5, 0.6) is 0 Å². The molecule has 0 fully saturated rings. The maximum absolute atomic E-state index is 12.8. The van der Waals surface area contributed by atoms with Gasteiger partial charge in [-0.1, -0.05) is 236 Å². The number of hydrogen-bond donors (Lipinski definition) is 0. The minimum Gasteiger partial charge on any atom is -0.462 e. The first-order valence-corrected chi connectivity index (χ1v) is 24.8. The largest absolute Gasteiger partial charge is 0.462 e. The Kier molecular flexibility index (Phi) is 47.3. The molecule has 0 bridgehead atoms. The highest BCUT2D eigenvalue weighted by Gasteiger charge is 2.19. The second kappa shape index (κ2) is 51.4. The Labute approximate surface area is 396 Å². The van der Waals surface area contributed by atoms with Crippen LogP contribution in [0, 0.1) is 0 Å². The van der Waals surface area contributed by atoms with Crippen molar-refractivity contribution >= 4 is 17.9 Å². The molecule has 1 unspecified atom stereocenters. The van der Waals surface area contributed by atoms with Crippen LogP contribution in [0.15, 0.2) is 170 Å². The molecule has 0 saturated heterocycles. The van der Waals surface area contributed by atoms with E-state index in [1.54, 1.807) is 0 Å². The summed E-state index contributed by atoms with van der Waals surface area (Å²) in [5, 5.41) is 0. The lowest BCUT2D eigenvalue weighted by molar-refractivity contribution is -0.166. The Morgan fingerprint density at radius 2 is 0.692 bits per heavy atom. The first-order valence-electron chi connectivity index (χ1n) is 24.8. The number of unbranched alkanes of at least 4 members (excludes halogenated alkanes) is 12. The zero-order valence-corrected chi connectivity index (χ0v) is 40.7. The molecule has 0 amide bonds. The van der Waals surface area contributed by atoms with E-state index in [-0.39, 0.29) is 50.4 Å². The molecular weight excluding hydrogens is 805 g/mol. The molecule has 0 spiro atoms. The van der Waals surface area contributed by atoms with Crippen LogP contribution in [0.2, 0.25) is 0 Å². The van der Waals surface area contributed by atoms with E-state index < -0.39 is 6.10 Å². The van der Waals surface area contributed by atoms with Crippen LogP contribution in [0.3, 0.4) is 0 Å². The lowest BCUT2D eigenvalue weighted by atomic mass is 10.1. The minimum atomic E-state index is -0.851. The topological polar surface area (TPSA) is 78.9 Å². The second-order valence-electron chi connectivity index (χ2n) is 15.6. The molecule has 0 aromatic heterocycles. The molecule has 0 aromatic carbocycles. The first-order chi connectivity index (χ1) is 32.0. The van der Waals surface area contributed by atoms with E-state index in [2.05, 4.69) is 63.3 Å². The average Bonchev–Trinajstić information content (AvgIpc) is 3.30. The molecule has 6 nitrogen and oxygen atoms in total. The van der Waals surface area contributed by atoms with E-state index in [9.17, 15) is 14.4 Å². The van der Waals surface area contributed by atoms with Crippen molar-refractivity contribution in [3.8, 4) is 0 Å². The second-order valence-corrected chi connectivity index (χ2v) is 15.6. The van der Waals surface area contributed by atoms with Crippen LogP contribution in [0.25, 0.3) is 0 Å². The van der Waals surface area contributed by atoms with Gasteiger partial charge < -0.3 is 14.2 Å². The molecule has 0 radical (unpaired) electrons. The quantitative estimate of drug-likeness (QED) is 0.0200. The highest BCUT2D eigenvalue weighted by Crippen LogP contribution is 2.11. The SMILES string of the molecule is CC\C=C/C=C\C=C/C=C\C=C/CCCCCC(=O)OC(COC(=O)CC/C=C\C/C=C\CCCCCCCC)COC(=O)CCCCC\C=C/C=C\C=C\C=C/C=C\C=C/C=C\CC. The molecule has 0 aliphatic rings. The Morgan fingerprint density at radius 3 is 1.15 bits per heavy atom. The summed E-state index contributed by atoms with van der Waals surface area (Å²) in [6, 6.07) is 0. The predicted molar refractivity (Wildman–Crippen MR) is 278 cm³/mol. The van der Waals surface area contributed by atoms with Crippen LogP contribution < -0.4 is 0 Å². The van der Waals surface area contributed by atoms with Crippen molar-refractivity contribution in [2.45, 2.75) is 168 Å². The highest BCUT2D eigenvalue weighted by molar-refractivity contribution is 5.71. The summed E-state index contributed by atoms with van der Waals surface area (Å²) in [5.74, 6) is -1.12. The Morgan fingerprint density at radius 1 is 0.338 bits per heavy atom. The Bertz CT molecular complexity index is 1590. The number of hydrogen-bond acceptors (Lipinski definition) is 6. The molecule has 65 heavy (non-hydrogen) atoms. The number of ether oxygens (including phenoxy) is 3. The first kappa shape index (κ1) is 59.8. The molecular formula is C59H86O6. The predicted octanol–water partition coefficient (Wildman–Crippen LogP) is 16.4. The van der Waals surface area contributed by atoms with Crippen LogP contribution in [0.4, 0.5) is 0 Å². The van der Waals surface area contributed by atoms with Crippen LogP contribution >= 0.6 is 0 Å². The standard InChI is InChI=1S/C59H86O6/c1-4-7-10-13-16-19-22-25-27-28-29-30-32-34-37-40-43-46-49-52-58(61)64-55-56(54-63-57(60)51-48-45-42-39-36-33-24-21-18-15-12-9-6-3)65-59(62)53-50-47-44-41-38-35-31-26-23-20-17-14-11-8-5-2/h7-8,10-11,13-14,16-17,19-20,22-23,25-38,42,45,56H,4-6,9,12,15,18,21,24,39-41,43-44,46-55H2,1-3H3/b10-7-,11-8-,16-13-,17-14-,22-19-,23-20-,27-25-,29-28+,31-26-,32-30-,36-33-,37-34-,38-35-,45-42-. The molecule has 0 aliphatic heterocycles. The van der Waals surface area contributed by atoms with Gasteiger partial charge in [-0.05, 0) is 77.0 Å². The van der Waals surface area contributed by atoms with Gasteiger partial charge in [0.25, 0.3) is 0 Å². The molecule has 0 rings (SSSR count). The van der Waals surface area contributed by atoms with E-state index in [0.29, 0.717) is 19.3 Å². The van der Waals surface area contributed by atoms with Gasteiger partial charge in [0.05, 0.1) is 0 Å². The lowest BCUT2D eigenvalue weighted by Crippen LogP contribution is -2.30. The molecule has 1 atom stereocenters. The fourth-order valence-corrected chi connectivity index (χ4v) is 5.85. The van der Waals surface area contributed by atoms with E-state index in [1.807, 2.05) is 128 Å². The average molecular weight is 891 g/mol. The molecule has 358 valence electrons. The summed E-state index contributed by atoms with van der Waals surface area (Å²) in [7, 11) is 0. The molecule has 0 aromatic rings. The molecule has 0 saturated carbocycles. The molecule has 0 heterocycles. The summed E-state index contributed by atoms with van der Waals surface area (Å²) in [6.07, 6.45) is 76.3.